The molecule has 1 aliphatic rings. The molecule has 2 atom stereocenters. The maximum absolute atomic E-state index is 12.5. The van der Waals surface area contributed by atoms with Crippen LogP contribution in [0.3, 0.4) is 0 Å². The van der Waals surface area contributed by atoms with Crippen LogP contribution in [0.4, 0.5) is 0 Å². The Bertz CT molecular complexity index is 702. The summed E-state index contributed by atoms with van der Waals surface area (Å²) in [5, 5.41) is 2.10. The minimum Gasteiger partial charge on any atom is -0.469 e. The molecule has 2 heterocycles. The van der Waals surface area contributed by atoms with Gasteiger partial charge in [-0.15, -0.1) is 11.3 Å². The molecule has 1 fully saturated rings. The number of likely N-dealkylation sites (tertiary alicyclic amines) is 1. The third-order valence-corrected chi connectivity index (χ3v) is 6.95. The molecule has 2 aromatic rings. The van der Waals surface area contributed by atoms with E-state index in [2.05, 4.69) is 63.5 Å². The van der Waals surface area contributed by atoms with Crippen molar-refractivity contribution in [1.29, 1.82) is 0 Å². The normalized spacial score (nSPS) is 24.2. The van der Waals surface area contributed by atoms with E-state index in [4.69, 9.17) is 4.74 Å². The zero-order valence-electron chi connectivity index (χ0n) is 14.0. The van der Waals surface area contributed by atoms with E-state index in [-0.39, 0.29) is 17.3 Å². The lowest BCUT2D eigenvalue weighted by atomic mass is 9.74. The number of nitrogens with zero attached hydrogens (tertiary/aromatic N) is 1. The van der Waals surface area contributed by atoms with Gasteiger partial charge in [-0.05, 0) is 34.0 Å². The lowest BCUT2D eigenvalue weighted by Gasteiger charge is -2.31. The zero-order valence-corrected chi connectivity index (χ0v) is 16.4. The van der Waals surface area contributed by atoms with Gasteiger partial charge in [-0.3, -0.25) is 9.69 Å². The monoisotopic (exact) mass is 407 g/mol. The highest BCUT2D eigenvalue weighted by atomic mass is 79.9. The van der Waals surface area contributed by atoms with Crippen LogP contribution in [0.2, 0.25) is 0 Å². The van der Waals surface area contributed by atoms with Gasteiger partial charge >= 0.3 is 5.97 Å². The lowest BCUT2D eigenvalue weighted by molar-refractivity contribution is -0.146. The van der Waals surface area contributed by atoms with Crippen LogP contribution in [0, 0.1) is 5.92 Å². The minimum absolute atomic E-state index is 0.100. The first kappa shape index (κ1) is 17.6. The van der Waals surface area contributed by atoms with Crippen LogP contribution in [0.1, 0.15) is 23.8 Å². The van der Waals surface area contributed by atoms with Gasteiger partial charge in [0.15, 0.2) is 0 Å². The van der Waals surface area contributed by atoms with Gasteiger partial charge in [-0.25, -0.2) is 0 Å². The molecule has 0 aliphatic carbocycles. The van der Waals surface area contributed by atoms with Crippen LogP contribution in [0.5, 0.6) is 0 Å². The minimum atomic E-state index is -0.168. The highest BCUT2D eigenvalue weighted by molar-refractivity contribution is 9.10. The summed E-state index contributed by atoms with van der Waals surface area (Å²) in [6.07, 6.45) is 0.922. The second-order valence-corrected chi connectivity index (χ2v) is 8.20. The Hall–Kier alpha value is -1.17. The van der Waals surface area contributed by atoms with E-state index in [0.29, 0.717) is 0 Å². The first-order valence-corrected chi connectivity index (χ1v) is 9.85. The van der Waals surface area contributed by atoms with E-state index in [9.17, 15) is 4.79 Å². The molecule has 0 saturated carbocycles. The van der Waals surface area contributed by atoms with Crippen LogP contribution in [-0.2, 0) is 21.5 Å². The van der Waals surface area contributed by atoms with Crippen LogP contribution in [0.25, 0.3) is 0 Å². The smallest absolute Gasteiger partial charge is 0.310 e. The van der Waals surface area contributed by atoms with Gasteiger partial charge in [0.05, 0.1) is 13.0 Å². The van der Waals surface area contributed by atoms with Gasteiger partial charge in [-0.1, -0.05) is 37.3 Å². The Kier molecular flexibility index (Phi) is 5.42. The number of methoxy groups -OCH3 is 1. The van der Waals surface area contributed by atoms with Crippen molar-refractivity contribution in [3.05, 3.63) is 56.7 Å². The van der Waals surface area contributed by atoms with Crippen LogP contribution < -0.4 is 0 Å². The van der Waals surface area contributed by atoms with Crippen molar-refractivity contribution in [2.45, 2.75) is 25.3 Å². The Morgan fingerprint density at radius 1 is 1.42 bits per heavy atom. The van der Waals surface area contributed by atoms with Crippen molar-refractivity contribution in [2.24, 2.45) is 5.92 Å². The maximum atomic E-state index is 12.5. The van der Waals surface area contributed by atoms with E-state index >= 15 is 0 Å². The number of hydrogen-bond acceptors (Lipinski definition) is 4. The SMILES string of the molecule is CCC1(c2cc(Br)cs2)CN(Cc2ccccc2)CC1C(=O)OC. The molecule has 0 amide bonds. The molecule has 3 rings (SSSR count). The van der Waals surface area contributed by atoms with Gasteiger partial charge < -0.3 is 4.74 Å². The van der Waals surface area contributed by atoms with E-state index in [1.54, 1.807) is 11.3 Å². The number of hydrogen-bond donors (Lipinski definition) is 0. The molecule has 1 aliphatic heterocycles. The number of carbonyl (C=O) groups is 1. The average molecular weight is 408 g/mol. The topological polar surface area (TPSA) is 29.5 Å². The molecular formula is C19H22BrNO2S. The Labute approximate surface area is 155 Å². The molecule has 5 heteroatoms. The summed E-state index contributed by atoms with van der Waals surface area (Å²) in [5.74, 6) is -0.223. The fraction of sp³-hybridized carbons (Fsp3) is 0.421. The number of thiophene rings is 1. The number of carbonyl (C=O) groups excluding carboxylic acids is 1. The van der Waals surface area contributed by atoms with Crippen molar-refractivity contribution >= 4 is 33.2 Å². The molecule has 0 N–H and O–H groups in total. The first-order chi connectivity index (χ1) is 11.6. The molecule has 128 valence electrons. The van der Waals surface area contributed by atoms with Crippen molar-refractivity contribution in [3.63, 3.8) is 0 Å². The second kappa shape index (κ2) is 7.38. The van der Waals surface area contributed by atoms with Crippen LogP contribution >= 0.6 is 27.3 Å². The van der Waals surface area contributed by atoms with Crippen molar-refractivity contribution < 1.29 is 9.53 Å². The van der Waals surface area contributed by atoms with Gasteiger partial charge in [-0.2, -0.15) is 0 Å². The largest absolute Gasteiger partial charge is 0.469 e. The van der Waals surface area contributed by atoms with Gasteiger partial charge in [0, 0.05) is 39.8 Å². The molecule has 1 saturated heterocycles. The molecule has 0 spiro atoms. The van der Waals surface area contributed by atoms with Gasteiger partial charge in [0.2, 0.25) is 0 Å². The molecule has 1 aromatic heterocycles. The van der Waals surface area contributed by atoms with Gasteiger partial charge in [0.25, 0.3) is 0 Å². The Morgan fingerprint density at radius 2 is 2.17 bits per heavy atom. The molecule has 24 heavy (non-hydrogen) atoms. The summed E-state index contributed by atoms with van der Waals surface area (Å²) >= 11 is 5.29. The van der Waals surface area contributed by atoms with E-state index in [1.165, 1.54) is 17.6 Å². The average Bonchev–Trinajstić information content (AvgIpc) is 3.19. The number of esters is 1. The summed E-state index contributed by atoms with van der Waals surface area (Å²) in [7, 11) is 1.49. The molecular weight excluding hydrogens is 386 g/mol. The van der Waals surface area contributed by atoms with E-state index in [0.717, 1.165) is 30.5 Å². The summed E-state index contributed by atoms with van der Waals surface area (Å²) in [5.41, 5.74) is 1.11. The molecule has 3 nitrogen and oxygen atoms in total. The second-order valence-electron chi connectivity index (χ2n) is 6.37. The van der Waals surface area contributed by atoms with Crippen molar-refractivity contribution in [2.75, 3.05) is 20.2 Å². The summed E-state index contributed by atoms with van der Waals surface area (Å²) in [6.45, 7) is 4.66. The van der Waals surface area contributed by atoms with E-state index in [1.807, 2.05) is 6.07 Å². The fourth-order valence-corrected chi connectivity index (χ4v) is 5.52. The Morgan fingerprint density at radius 3 is 2.75 bits per heavy atom. The number of ether oxygens (including phenoxy) is 1. The zero-order chi connectivity index (χ0) is 17.2. The highest BCUT2D eigenvalue weighted by Crippen LogP contribution is 2.46. The van der Waals surface area contributed by atoms with Crippen LogP contribution in [-0.4, -0.2) is 31.1 Å². The van der Waals surface area contributed by atoms with Gasteiger partial charge in [0.1, 0.15) is 0 Å². The van der Waals surface area contributed by atoms with Crippen LogP contribution in [0.15, 0.2) is 46.3 Å². The van der Waals surface area contributed by atoms with Crippen molar-refractivity contribution in [3.8, 4) is 0 Å². The Balaban J connectivity index is 1.91. The number of benzene rings is 1. The third-order valence-electron chi connectivity index (χ3n) is 5.04. The number of rotatable bonds is 5. The molecule has 1 aromatic carbocycles. The fourth-order valence-electron chi connectivity index (χ4n) is 3.77. The highest BCUT2D eigenvalue weighted by Gasteiger charge is 2.51. The predicted octanol–water partition coefficient (Wildman–Crippen LogP) is 4.46. The number of halogens is 1. The lowest BCUT2D eigenvalue weighted by Crippen LogP contribution is -2.38. The summed E-state index contributed by atoms with van der Waals surface area (Å²) < 4.78 is 6.23. The molecule has 0 radical (unpaired) electrons. The summed E-state index contributed by atoms with van der Waals surface area (Å²) in [4.78, 5) is 16.2. The van der Waals surface area contributed by atoms with Crippen molar-refractivity contribution in [1.82, 2.24) is 4.90 Å². The predicted molar refractivity (Wildman–Crippen MR) is 101 cm³/mol. The standard InChI is InChI=1S/C19H22BrNO2S/c1-3-19(17-9-15(20)12-24-17)13-21(11-16(19)18(22)23-2)10-14-7-5-4-6-8-14/h4-9,12,16H,3,10-11,13H2,1-2H3. The molecule has 0 bridgehead atoms. The van der Waals surface area contributed by atoms with E-state index < -0.39 is 0 Å². The maximum Gasteiger partial charge on any atom is 0.310 e. The third kappa shape index (κ3) is 3.30. The summed E-state index contributed by atoms with van der Waals surface area (Å²) in [6, 6.07) is 12.6. The first-order valence-electron chi connectivity index (χ1n) is 8.17. The quantitative estimate of drug-likeness (QED) is 0.684. The molecule has 2 unspecified atom stereocenters.